The third-order valence-corrected chi connectivity index (χ3v) is 2.56. The third-order valence-electron chi connectivity index (χ3n) is 2.56. The number of aryl methyl sites for hydroxylation is 1. The van der Waals surface area contributed by atoms with Gasteiger partial charge >= 0.3 is 0 Å². The SMILES string of the molecule is CCCC(O)(CN)c1cccc(C)c1. The van der Waals surface area contributed by atoms with Crippen LogP contribution >= 0.6 is 0 Å². The lowest BCUT2D eigenvalue weighted by Gasteiger charge is -2.26. The van der Waals surface area contributed by atoms with E-state index in [0.717, 1.165) is 17.5 Å². The number of benzene rings is 1. The molecule has 1 unspecified atom stereocenters. The largest absolute Gasteiger partial charge is 0.384 e. The summed E-state index contributed by atoms with van der Waals surface area (Å²) in [6.45, 7) is 4.35. The molecule has 0 radical (unpaired) electrons. The van der Waals surface area contributed by atoms with E-state index in [9.17, 15) is 5.11 Å². The van der Waals surface area contributed by atoms with Crippen LogP contribution in [-0.4, -0.2) is 11.7 Å². The number of hydrogen-bond acceptors (Lipinski definition) is 2. The molecule has 2 heteroatoms. The van der Waals surface area contributed by atoms with E-state index in [1.54, 1.807) is 0 Å². The normalized spacial score (nSPS) is 15.1. The van der Waals surface area contributed by atoms with E-state index >= 15 is 0 Å². The minimum absolute atomic E-state index is 0.282. The van der Waals surface area contributed by atoms with Gasteiger partial charge in [0.25, 0.3) is 0 Å². The molecule has 0 heterocycles. The van der Waals surface area contributed by atoms with Crippen molar-refractivity contribution < 1.29 is 5.11 Å². The van der Waals surface area contributed by atoms with Gasteiger partial charge in [0.2, 0.25) is 0 Å². The van der Waals surface area contributed by atoms with E-state index in [0.29, 0.717) is 6.42 Å². The van der Waals surface area contributed by atoms with Crippen LogP contribution < -0.4 is 5.73 Å². The van der Waals surface area contributed by atoms with Gasteiger partial charge in [-0.2, -0.15) is 0 Å². The lowest BCUT2D eigenvalue weighted by molar-refractivity contribution is 0.0359. The zero-order valence-electron chi connectivity index (χ0n) is 8.96. The first-order valence-electron chi connectivity index (χ1n) is 5.12. The molecule has 0 aromatic heterocycles. The summed E-state index contributed by atoms with van der Waals surface area (Å²) in [6.07, 6.45) is 1.65. The molecule has 0 saturated carbocycles. The fraction of sp³-hybridized carbons (Fsp3) is 0.500. The first-order chi connectivity index (χ1) is 6.62. The van der Waals surface area contributed by atoms with Crippen molar-refractivity contribution in [3.8, 4) is 0 Å². The molecule has 0 saturated heterocycles. The molecule has 1 aromatic carbocycles. The highest BCUT2D eigenvalue weighted by Gasteiger charge is 2.26. The summed E-state index contributed by atoms with van der Waals surface area (Å²) in [4.78, 5) is 0. The molecular formula is C12H19NO. The number of aliphatic hydroxyl groups is 1. The van der Waals surface area contributed by atoms with Gasteiger partial charge in [-0.3, -0.25) is 0 Å². The van der Waals surface area contributed by atoms with Gasteiger partial charge in [0.05, 0.1) is 0 Å². The molecule has 14 heavy (non-hydrogen) atoms. The van der Waals surface area contributed by atoms with Gasteiger partial charge in [-0.25, -0.2) is 0 Å². The molecule has 0 fully saturated rings. The van der Waals surface area contributed by atoms with E-state index in [-0.39, 0.29) is 6.54 Å². The highest BCUT2D eigenvalue weighted by atomic mass is 16.3. The van der Waals surface area contributed by atoms with Crippen LogP contribution in [0.15, 0.2) is 24.3 Å². The van der Waals surface area contributed by atoms with Crippen LogP contribution in [0.2, 0.25) is 0 Å². The van der Waals surface area contributed by atoms with Crippen LogP contribution in [0.4, 0.5) is 0 Å². The maximum Gasteiger partial charge on any atom is 0.102 e. The van der Waals surface area contributed by atoms with E-state index in [2.05, 4.69) is 6.92 Å². The second-order valence-corrected chi connectivity index (χ2v) is 3.86. The molecule has 0 bridgehead atoms. The van der Waals surface area contributed by atoms with Crippen LogP contribution in [0.1, 0.15) is 30.9 Å². The van der Waals surface area contributed by atoms with Gasteiger partial charge in [-0.1, -0.05) is 43.2 Å². The van der Waals surface area contributed by atoms with Crippen molar-refractivity contribution in [3.05, 3.63) is 35.4 Å². The highest BCUT2D eigenvalue weighted by molar-refractivity contribution is 5.27. The Morgan fingerprint density at radius 1 is 1.43 bits per heavy atom. The molecular weight excluding hydrogens is 174 g/mol. The molecule has 0 amide bonds. The van der Waals surface area contributed by atoms with Gasteiger partial charge < -0.3 is 10.8 Å². The second-order valence-electron chi connectivity index (χ2n) is 3.86. The molecule has 0 aliphatic carbocycles. The van der Waals surface area contributed by atoms with Crippen LogP contribution in [0.25, 0.3) is 0 Å². The molecule has 1 atom stereocenters. The first-order valence-corrected chi connectivity index (χ1v) is 5.12. The maximum absolute atomic E-state index is 10.3. The van der Waals surface area contributed by atoms with Gasteiger partial charge in [0, 0.05) is 6.54 Å². The van der Waals surface area contributed by atoms with E-state index in [1.165, 1.54) is 0 Å². The topological polar surface area (TPSA) is 46.2 Å². The van der Waals surface area contributed by atoms with Crippen molar-refractivity contribution in [1.82, 2.24) is 0 Å². The first kappa shape index (κ1) is 11.2. The van der Waals surface area contributed by atoms with Crippen molar-refractivity contribution in [3.63, 3.8) is 0 Å². The van der Waals surface area contributed by atoms with Gasteiger partial charge in [0.15, 0.2) is 0 Å². The predicted molar refractivity (Wildman–Crippen MR) is 59.0 cm³/mol. The van der Waals surface area contributed by atoms with Crippen LogP contribution in [0, 0.1) is 6.92 Å². The van der Waals surface area contributed by atoms with E-state index in [4.69, 9.17) is 5.73 Å². The average Bonchev–Trinajstić information content (AvgIpc) is 2.18. The third kappa shape index (κ3) is 2.34. The van der Waals surface area contributed by atoms with E-state index in [1.807, 2.05) is 31.2 Å². The quantitative estimate of drug-likeness (QED) is 0.767. The van der Waals surface area contributed by atoms with Gasteiger partial charge in [-0.05, 0) is 18.9 Å². The van der Waals surface area contributed by atoms with Crippen LogP contribution in [0.3, 0.4) is 0 Å². The summed E-state index contributed by atoms with van der Waals surface area (Å²) in [7, 11) is 0. The van der Waals surface area contributed by atoms with Crippen LogP contribution in [-0.2, 0) is 5.60 Å². The zero-order chi connectivity index (χ0) is 10.6. The van der Waals surface area contributed by atoms with Crippen molar-refractivity contribution in [2.75, 3.05) is 6.54 Å². The van der Waals surface area contributed by atoms with Crippen molar-refractivity contribution >= 4 is 0 Å². The zero-order valence-corrected chi connectivity index (χ0v) is 8.96. The summed E-state index contributed by atoms with van der Waals surface area (Å²) < 4.78 is 0. The summed E-state index contributed by atoms with van der Waals surface area (Å²) >= 11 is 0. The summed E-state index contributed by atoms with van der Waals surface area (Å²) in [5.74, 6) is 0. The smallest absolute Gasteiger partial charge is 0.102 e. The Bertz CT molecular complexity index is 298. The Morgan fingerprint density at radius 2 is 2.14 bits per heavy atom. The fourth-order valence-electron chi connectivity index (χ4n) is 1.71. The molecule has 0 aliphatic heterocycles. The molecule has 1 aromatic rings. The Balaban J connectivity index is 2.99. The lowest BCUT2D eigenvalue weighted by Crippen LogP contribution is -2.34. The second kappa shape index (κ2) is 4.58. The monoisotopic (exact) mass is 193 g/mol. The number of rotatable bonds is 4. The minimum atomic E-state index is -0.846. The van der Waals surface area contributed by atoms with Gasteiger partial charge in [0.1, 0.15) is 5.60 Å². The predicted octanol–water partition coefficient (Wildman–Crippen LogP) is 1.94. The van der Waals surface area contributed by atoms with Crippen molar-refractivity contribution in [2.45, 2.75) is 32.3 Å². The van der Waals surface area contributed by atoms with E-state index < -0.39 is 5.60 Å². The standard InChI is InChI=1S/C12H19NO/c1-3-7-12(14,9-13)11-6-4-5-10(2)8-11/h4-6,8,14H,3,7,9,13H2,1-2H3. The average molecular weight is 193 g/mol. The maximum atomic E-state index is 10.3. The molecule has 78 valence electrons. The lowest BCUT2D eigenvalue weighted by atomic mass is 9.88. The molecule has 1 rings (SSSR count). The Morgan fingerprint density at radius 3 is 2.64 bits per heavy atom. The Labute approximate surface area is 85.8 Å². The highest BCUT2D eigenvalue weighted by Crippen LogP contribution is 2.25. The molecule has 0 spiro atoms. The number of hydrogen-bond donors (Lipinski definition) is 2. The van der Waals surface area contributed by atoms with Crippen molar-refractivity contribution in [1.29, 1.82) is 0 Å². The molecule has 0 aliphatic rings. The Kier molecular flexibility index (Phi) is 3.67. The summed E-state index contributed by atoms with van der Waals surface area (Å²) in [6, 6.07) is 7.92. The molecule has 3 N–H and O–H groups in total. The summed E-state index contributed by atoms with van der Waals surface area (Å²) in [5, 5.41) is 10.3. The number of nitrogens with two attached hydrogens (primary N) is 1. The summed E-state index contributed by atoms with van der Waals surface area (Å²) in [5.41, 5.74) is 6.87. The minimum Gasteiger partial charge on any atom is -0.384 e. The van der Waals surface area contributed by atoms with Crippen molar-refractivity contribution in [2.24, 2.45) is 5.73 Å². The fourth-order valence-corrected chi connectivity index (χ4v) is 1.71. The van der Waals surface area contributed by atoms with Crippen LogP contribution in [0.5, 0.6) is 0 Å². The molecule has 2 nitrogen and oxygen atoms in total. The van der Waals surface area contributed by atoms with Gasteiger partial charge in [-0.15, -0.1) is 0 Å². The Hall–Kier alpha value is -0.860.